The molecular weight excluding hydrogens is 172 g/mol. The Balaban J connectivity index is 2.19. The zero-order valence-corrected chi connectivity index (χ0v) is 9.68. The lowest BCUT2D eigenvalue weighted by Gasteiger charge is -2.50. The highest BCUT2D eigenvalue weighted by Crippen LogP contribution is 2.53. The SMILES string of the molecule is CC1CCC2(C)CCC(=O)CC2C1C. The van der Waals surface area contributed by atoms with Gasteiger partial charge in [0.05, 0.1) is 0 Å². The molecule has 0 N–H and O–H groups in total. The van der Waals surface area contributed by atoms with Gasteiger partial charge in [-0.3, -0.25) is 4.79 Å². The maximum Gasteiger partial charge on any atom is 0.133 e. The maximum absolute atomic E-state index is 11.5. The normalized spacial score (nSPS) is 48.8. The molecule has 0 spiro atoms. The molecule has 0 aromatic rings. The van der Waals surface area contributed by atoms with Crippen molar-refractivity contribution >= 4 is 5.78 Å². The third-order valence-corrected chi connectivity index (χ3v) is 5.02. The van der Waals surface area contributed by atoms with Crippen molar-refractivity contribution in [2.45, 2.75) is 52.9 Å². The van der Waals surface area contributed by atoms with E-state index in [1.54, 1.807) is 0 Å². The molecule has 0 aromatic carbocycles. The second kappa shape index (κ2) is 3.36. The summed E-state index contributed by atoms with van der Waals surface area (Å²) in [6.07, 6.45) is 5.56. The molecule has 2 rings (SSSR count). The first kappa shape index (κ1) is 10.2. The third kappa shape index (κ3) is 1.51. The van der Waals surface area contributed by atoms with Crippen LogP contribution >= 0.6 is 0 Å². The van der Waals surface area contributed by atoms with Crippen LogP contribution in [0.1, 0.15) is 52.9 Å². The molecule has 0 radical (unpaired) electrons. The minimum absolute atomic E-state index is 0.486. The average Bonchev–Trinajstić information content (AvgIpc) is 2.16. The number of hydrogen-bond acceptors (Lipinski definition) is 1. The van der Waals surface area contributed by atoms with Gasteiger partial charge in [0.25, 0.3) is 0 Å². The fourth-order valence-electron chi connectivity index (χ4n) is 3.55. The predicted molar refractivity (Wildman–Crippen MR) is 58.0 cm³/mol. The van der Waals surface area contributed by atoms with E-state index in [9.17, 15) is 4.79 Å². The van der Waals surface area contributed by atoms with Crippen LogP contribution in [-0.2, 0) is 4.79 Å². The van der Waals surface area contributed by atoms with E-state index in [1.165, 1.54) is 12.8 Å². The Labute approximate surface area is 87.3 Å². The van der Waals surface area contributed by atoms with Crippen LogP contribution < -0.4 is 0 Å². The van der Waals surface area contributed by atoms with E-state index in [-0.39, 0.29) is 0 Å². The van der Waals surface area contributed by atoms with Crippen molar-refractivity contribution < 1.29 is 4.79 Å². The highest BCUT2D eigenvalue weighted by molar-refractivity contribution is 5.79. The lowest BCUT2D eigenvalue weighted by molar-refractivity contribution is -0.128. The number of fused-ring (bicyclic) bond motifs is 1. The van der Waals surface area contributed by atoms with Gasteiger partial charge in [-0.15, -0.1) is 0 Å². The van der Waals surface area contributed by atoms with Gasteiger partial charge in [-0.25, -0.2) is 0 Å². The van der Waals surface area contributed by atoms with Crippen LogP contribution in [-0.4, -0.2) is 5.78 Å². The third-order valence-electron chi connectivity index (χ3n) is 5.02. The lowest BCUT2D eigenvalue weighted by atomic mass is 9.54. The predicted octanol–water partition coefficient (Wildman–Crippen LogP) is 3.43. The van der Waals surface area contributed by atoms with Crippen molar-refractivity contribution in [2.75, 3.05) is 0 Å². The van der Waals surface area contributed by atoms with Crippen molar-refractivity contribution in [3.63, 3.8) is 0 Å². The van der Waals surface area contributed by atoms with Gasteiger partial charge >= 0.3 is 0 Å². The first-order valence-electron chi connectivity index (χ1n) is 6.04. The minimum Gasteiger partial charge on any atom is -0.300 e. The van der Waals surface area contributed by atoms with Gasteiger partial charge in [0.15, 0.2) is 0 Å². The largest absolute Gasteiger partial charge is 0.300 e. The number of carbonyl (C=O) groups is 1. The Morgan fingerprint density at radius 1 is 1.29 bits per heavy atom. The topological polar surface area (TPSA) is 17.1 Å². The van der Waals surface area contributed by atoms with Gasteiger partial charge in [-0.2, -0.15) is 0 Å². The summed E-state index contributed by atoms with van der Waals surface area (Å²) in [7, 11) is 0. The Morgan fingerprint density at radius 3 is 2.71 bits per heavy atom. The van der Waals surface area contributed by atoms with Gasteiger partial charge in [0.1, 0.15) is 5.78 Å². The lowest BCUT2D eigenvalue weighted by Crippen LogP contribution is -2.43. The summed E-state index contributed by atoms with van der Waals surface area (Å²) in [6, 6.07) is 0. The van der Waals surface area contributed by atoms with Crippen molar-refractivity contribution in [2.24, 2.45) is 23.2 Å². The fraction of sp³-hybridized carbons (Fsp3) is 0.923. The molecule has 4 atom stereocenters. The quantitative estimate of drug-likeness (QED) is 0.577. The summed E-state index contributed by atoms with van der Waals surface area (Å²) in [4.78, 5) is 11.5. The van der Waals surface area contributed by atoms with Crippen molar-refractivity contribution in [3.05, 3.63) is 0 Å². The molecular formula is C13H22O. The summed E-state index contributed by atoms with van der Waals surface area (Å²) in [5, 5.41) is 0. The molecule has 0 aromatic heterocycles. The summed E-state index contributed by atoms with van der Waals surface area (Å²) < 4.78 is 0. The standard InChI is InChI=1S/C13H22O/c1-9-4-6-13(3)7-5-11(14)8-12(13)10(9)2/h9-10,12H,4-8H2,1-3H3. The van der Waals surface area contributed by atoms with Crippen molar-refractivity contribution in [3.8, 4) is 0 Å². The molecule has 14 heavy (non-hydrogen) atoms. The number of hydrogen-bond donors (Lipinski definition) is 0. The van der Waals surface area contributed by atoms with Gasteiger partial charge in [-0.05, 0) is 42.4 Å². The van der Waals surface area contributed by atoms with Crippen molar-refractivity contribution in [1.82, 2.24) is 0 Å². The average molecular weight is 194 g/mol. The molecule has 2 aliphatic carbocycles. The summed E-state index contributed by atoms with van der Waals surface area (Å²) in [5.41, 5.74) is 0.486. The van der Waals surface area contributed by atoms with E-state index >= 15 is 0 Å². The summed E-state index contributed by atoms with van der Waals surface area (Å²) in [5.74, 6) is 2.75. The number of Topliss-reactive ketones (excluding diaryl/α,β-unsaturated/α-hetero) is 1. The molecule has 1 nitrogen and oxygen atoms in total. The Morgan fingerprint density at radius 2 is 2.00 bits per heavy atom. The monoisotopic (exact) mass is 194 g/mol. The van der Waals surface area contributed by atoms with Gasteiger partial charge in [-0.1, -0.05) is 20.8 Å². The molecule has 0 bridgehead atoms. The van der Waals surface area contributed by atoms with Gasteiger partial charge in [0.2, 0.25) is 0 Å². The van der Waals surface area contributed by atoms with Crippen LogP contribution in [0.3, 0.4) is 0 Å². The fourth-order valence-corrected chi connectivity index (χ4v) is 3.55. The summed E-state index contributed by atoms with van der Waals surface area (Å²) >= 11 is 0. The van der Waals surface area contributed by atoms with E-state index in [2.05, 4.69) is 20.8 Å². The molecule has 4 unspecified atom stereocenters. The number of ketones is 1. The van der Waals surface area contributed by atoms with Crippen molar-refractivity contribution in [1.29, 1.82) is 0 Å². The van der Waals surface area contributed by atoms with Gasteiger partial charge in [0, 0.05) is 12.8 Å². The zero-order chi connectivity index (χ0) is 10.3. The molecule has 0 aliphatic heterocycles. The number of rotatable bonds is 0. The molecule has 0 saturated heterocycles. The highest BCUT2D eigenvalue weighted by atomic mass is 16.1. The zero-order valence-electron chi connectivity index (χ0n) is 9.68. The Bertz CT molecular complexity index is 246. The molecule has 2 saturated carbocycles. The first-order valence-corrected chi connectivity index (χ1v) is 6.04. The van der Waals surface area contributed by atoms with E-state index in [1.807, 2.05) is 0 Å². The molecule has 1 heteroatoms. The Kier molecular flexibility index (Phi) is 2.45. The Hall–Kier alpha value is -0.330. The molecule has 0 heterocycles. The van der Waals surface area contributed by atoms with Crippen LogP contribution in [0.4, 0.5) is 0 Å². The van der Waals surface area contributed by atoms with Gasteiger partial charge < -0.3 is 0 Å². The van der Waals surface area contributed by atoms with Crippen LogP contribution in [0.2, 0.25) is 0 Å². The second-order valence-corrected chi connectivity index (χ2v) is 5.88. The molecule has 2 fully saturated rings. The second-order valence-electron chi connectivity index (χ2n) is 5.88. The van der Waals surface area contributed by atoms with E-state index in [4.69, 9.17) is 0 Å². The molecule has 0 amide bonds. The molecule has 80 valence electrons. The maximum atomic E-state index is 11.5. The smallest absolute Gasteiger partial charge is 0.133 e. The highest BCUT2D eigenvalue weighted by Gasteiger charge is 2.46. The van der Waals surface area contributed by atoms with Crippen LogP contribution in [0.5, 0.6) is 0 Å². The molecule has 2 aliphatic rings. The van der Waals surface area contributed by atoms with Crippen LogP contribution in [0, 0.1) is 23.2 Å². The van der Waals surface area contributed by atoms with Crippen LogP contribution in [0.15, 0.2) is 0 Å². The van der Waals surface area contributed by atoms with E-state index in [0.717, 1.165) is 31.1 Å². The van der Waals surface area contributed by atoms with Crippen LogP contribution in [0.25, 0.3) is 0 Å². The van der Waals surface area contributed by atoms with E-state index in [0.29, 0.717) is 17.1 Å². The first-order chi connectivity index (χ1) is 6.53. The summed E-state index contributed by atoms with van der Waals surface area (Å²) in [6.45, 7) is 7.11. The number of carbonyl (C=O) groups excluding carboxylic acids is 1. The minimum atomic E-state index is 0.486. The van der Waals surface area contributed by atoms with E-state index < -0.39 is 0 Å².